The van der Waals surface area contributed by atoms with Crippen molar-refractivity contribution in [3.8, 4) is 0 Å². The number of rotatable bonds is 10. The third-order valence-electron chi connectivity index (χ3n) is 3.95. The zero-order valence-corrected chi connectivity index (χ0v) is 14.1. The molecule has 0 unspecified atom stereocenters. The van der Waals surface area contributed by atoms with E-state index in [1.807, 2.05) is 18.2 Å². The van der Waals surface area contributed by atoms with Gasteiger partial charge in [0.1, 0.15) is 0 Å². The Morgan fingerprint density at radius 2 is 1.71 bits per heavy atom. The first-order chi connectivity index (χ1) is 11.7. The summed E-state index contributed by atoms with van der Waals surface area (Å²) in [6.07, 6.45) is 2.12. The lowest BCUT2D eigenvalue weighted by molar-refractivity contribution is -0.384. The number of methoxy groups -OCH3 is 1. The van der Waals surface area contributed by atoms with Crippen LogP contribution in [0.5, 0.6) is 0 Å². The maximum absolute atomic E-state index is 10.7. The summed E-state index contributed by atoms with van der Waals surface area (Å²) in [4.78, 5) is 12.7. The van der Waals surface area contributed by atoms with Crippen molar-refractivity contribution in [1.29, 1.82) is 0 Å². The monoisotopic (exact) mass is 328 g/mol. The predicted octanol–water partition coefficient (Wildman–Crippen LogP) is 3.68. The van der Waals surface area contributed by atoms with Gasteiger partial charge in [-0.15, -0.1) is 0 Å². The summed E-state index contributed by atoms with van der Waals surface area (Å²) >= 11 is 0. The molecule has 0 fully saturated rings. The quantitative estimate of drug-likeness (QED) is 0.493. The van der Waals surface area contributed by atoms with Crippen LogP contribution in [0, 0.1) is 10.1 Å². The van der Waals surface area contributed by atoms with Crippen LogP contribution in [0.1, 0.15) is 17.5 Å². The molecule has 0 bridgehead atoms. The summed E-state index contributed by atoms with van der Waals surface area (Å²) < 4.78 is 5.19. The first-order valence-electron chi connectivity index (χ1n) is 8.17. The summed E-state index contributed by atoms with van der Waals surface area (Å²) in [5.74, 6) is 0. The first-order valence-corrected chi connectivity index (χ1v) is 8.17. The van der Waals surface area contributed by atoms with E-state index in [1.54, 1.807) is 19.2 Å². The largest absolute Gasteiger partial charge is 0.383 e. The molecule has 0 radical (unpaired) electrons. The Hall–Kier alpha value is -2.24. The molecule has 0 saturated carbocycles. The van der Waals surface area contributed by atoms with Gasteiger partial charge in [0.25, 0.3) is 5.69 Å². The number of benzene rings is 2. The van der Waals surface area contributed by atoms with E-state index < -0.39 is 0 Å². The van der Waals surface area contributed by atoms with Crippen LogP contribution < -0.4 is 0 Å². The highest BCUT2D eigenvalue weighted by atomic mass is 16.6. The zero-order valence-electron chi connectivity index (χ0n) is 14.1. The molecule has 0 N–H and O–H groups in total. The van der Waals surface area contributed by atoms with Crippen molar-refractivity contribution in [2.75, 3.05) is 26.8 Å². The molecule has 0 heterocycles. The third kappa shape index (κ3) is 6.10. The fraction of sp³-hybridized carbons (Fsp3) is 0.368. The van der Waals surface area contributed by atoms with Gasteiger partial charge in [0, 0.05) is 32.3 Å². The van der Waals surface area contributed by atoms with Crippen molar-refractivity contribution < 1.29 is 9.66 Å². The van der Waals surface area contributed by atoms with Gasteiger partial charge in [-0.2, -0.15) is 0 Å². The minimum Gasteiger partial charge on any atom is -0.383 e. The van der Waals surface area contributed by atoms with Gasteiger partial charge in [0.15, 0.2) is 0 Å². The van der Waals surface area contributed by atoms with E-state index in [9.17, 15) is 10.1 Å². The minimum atomic E-state index is -0.369. The molecule has 2 aromatic rings. The molecule has 0 aliphatic rings. The van der Waals surface area contributed by atoms with Crippen LogP contribution in [-0.2, 0) is 17.7 Å². The number of hydrogen-bond acceptors (Lipinski definition) is 4. The fourth-order valence-electron chi connectivity index (χ4n) is 2.62. The van der Waals surface area contributed by atoms with Crippen LogP contribution in [-0.4, -0.2) is 36.6 Å². The standard InChI is InChI=1S/C19H24N2O3/c1-24-15-14-20(13-5-8-17-6-3-2-4-7-17)16-18-9-11-19(12-10-18)21(22)23/h2-4,6-7,9-12H,5,8,13-16H2,1H3. The third-order valence-corrected chi connectivity index (χ3v) is 3.95. The maximum Gasteiger partial charge on any atom is 0.269 e. The lowest BCUT2D eigenvalue weighted by Gasteiger charge is -2.22. The highest BCUT2D eigenvalue weighted by molar-refractivity contribution is 5.32. The zero-order chi connectivity index (χ0) is 17.2. The highest BCUT2D eigenvalue weighted by Crippen LogP contribution is 2.14. The molecule has 0 aromatic heterocycles. The van der Waals surface area contributed by atoms with Crippen molar-refractivity contribution >= 4 is 5.69 Å². The van der Waals surface area contributed by atoms with E-state index in [0.717, 1.165) is 38.0 Å². The summed E-state index contributed by atoms with van der Waals surface area (Å²) in [6, 6.07) is 17.2. The van der Waals surface area contributed by atoms with Crippen molar-refractivity contribution in [2.24, 2.45) is 0 Å². The number of nitro benzene ring substituents is 1. The highest BCUT2D eigenvalue weighted by Gasteiger charge is 2.08. The lowest BCUT2D eigenvalue weighted by Crippen LogP contribution is -2.28. The van der Waals surface area contributed by atoms with E-state index in [-0.39, 0.29) is 10.6 Å². The molecule has 0 saturated heterocycles. The van der Waals surface area contributed by atoms with E-state index in [2.05, 4.69) is 29.2 Å². The van der Waals surface area contributed by atoms with Gasteiger partial charge in [-0.3, -0.25) is 15.0 Å². The second-order valence-corrected chi connectivity index (χ2v) is 5.78. The Morgan fingerprint density at radius 1 is 1.00 bits per heavy atom. The summed E-state index contributed by atoms with van der Waals surface area (Å²) in [6.45, 7) is 3.27. The molecule has 5 heteroatoms. The molecular formula is C19H24N2O3. The van der Waals surface area contributed by atoms with E-state index in [0.29, 0.717) is 6.61 Å². The number of aryl methyl sites for hydroxylation is 1. The van der Waals surface area contributed by atoms with Crippen molar-refractivity contribution in [1.82, 2.24) is 4.90 Å². The molecule has 0 atom stereocenters. The van der Waals surface area contributed by atoms with Gasteiger partial charge in [-0.1, -0.05) is 42.5 Å². The fourth-order valence-corrected chi connectivity index (χ4v) is 2.62. The van der Waals surface area contributed by atoms with Crippen LogP contribution in [0.15, 0.2) is 54.6 Å². The number of nitrogens with zero attached hydrogens (tertiary/aromatic N) is 2. The van der Waals surface area contributed by atoms with Crippen molar-refractivity contribution in [3.05, 3.63) is 75.8 Å². The van der Waals surface area contributed by atoms with E-state index >= 15 is 0 Å². The van der Waals surface area contributed by atoms with Gasteiger partial charge < -0.3 is 4.74 Å². The normalized spacial score (nSPS) is 10.9. The number of nitro groups is 1. The molecule has 0 aliphatic heterocycles. The molecule has 2 rings (SSSR count). The molecule has 128 valence electrons. The molecular weight excluding hydrogens is 304 g/mol. The number of hydrogen-bond donors (Lipinski definition) is 0. The topological polar surface area (TPSA) is 55.6 Å². The van der Waals surface area contributed by atoms with Crippen LogP contribution in [0.25, 0.3) is 0 Å². The molecule has 5 nitrogen and oxygen atoms in total. The Balaban J connectivity index is 1.88. The van der Waals surface area contributed by atoms with Crippen molar-refractivity contribution in [3.63, 3.8) is 0 Å². The Labute approximate surface area is 143 Å². The number of non-ortho nitro benzene ring substituents is 1. The summed E-state index contributed by atoms with van der Waals surface area (Å²) in [5.41, 5.74) is 2.56. The van der Waals surface area contributed by atoms with Gasteiger partial charge in [-0.05, 0) is 30.5 Å². The molecule has 0 amide bonds. The molecule has 24 heavy (non-hydrogen) atoms. The molecule has 2 aromatic carbocycles. The Bertz CT molecular complexity index is 614. The second-order valence-electron chi connectivity index (χ2n) is 5.78. The van der Waals surface area contributed by atoms with Crippen LogP contribution >= 0.6 is 0 Å². The maximum atomic E-state index is 10.7. The van der Waals surface area contributed by atoms with Crippen LogP contribution in [0.3, 0.4) is 0 Å². The average Bonchev–Trinajstić information content (AvgIpc) is 2.61. The van der Waals surface area contributed by atoms with Crippen molar-refractivity contribution in [2.45, 2.75) is 19.4 Å². The SMILES string of the molecule is COCCN(CCCc1ccccc1)Cc1ccc([N+](=O)[O-])cc1. The average molecular weight is 328 g/mol. The smallest absolute Gasteiger partial charge is 0.269 e. The van der Waals surface area contributed by atoms with Gasteiger partial charge in [0.05, 0.1) is 11.5 Å². The first kappa shape index (κ1) is 18.1. The van der Waals surface area contributed by atoms with Crippen LogP contribution in [0.4, 0.5) is 5.69 Å². The predicted molar refractivity (Wildman–Crippen MR) is 95.0 cm³/mol. The number of ether oxygens (including phenoxy) is 1. The van der Waals surface area contributed by atoms with Crippen LogP contribution in [0.2, 0.25) is 0 Å². The second kappa shape index (κ2) is 9.80. The van der Waals surface area contributed by atoms with Gasteiger partial charge in [0.2, 0.25) is 0 Å². The minimum absolute atomic E-state index is 0.131. The van der Waals surface area contributed by atoms with E-state index in [4.69, 9.17) is 4.74 Å². The Kier molecular flexibility index (Phi) is 7.39. The lowest BCUT2D eigenvalue weighted by atomic mass is 10.1. The van der Waals surface area contributed by atoms with Gasteiger partial charge >= 0.3 is 0 Å². The van der Waals surface area contributed by atoms with Gasteiger partial charge in [-0.25, -0.2) is 0 Å². The molecule has 0 aliphatic carbocycles. The molecule has 0 spiro atoms. The summed E-state index contributed by atoms with van der Waals surface area (Å²) in [5, 5.41) is 10.7. The summed E-state index contributed by atoms with van der Waals surface area (Å²) in [7, 11) is 1.70. The van der Waals surface area contributed by atoms with E-state index in [1.165, 1.54) is 5.56 Å². The Morgan fingerprint density at radius 3 is 2.33 bits per heavy atom.